The molecule has 0 radical (unpaired) electrons. The van der Waals surface area contributed by atoms with Gasteiger partial charge in [0.2, 0.25) is 0 Å². The number of carbonyl (C=O) groups is 1. The third-order valence-corrected chi connectivity index (χ3v) is 4.76. The monoisotopic (exact) mass is 367 g/mol. The molecule has 0 unspecified atom stereocenters. The van der Waals surface area contributed by atoms with Gasteiger partial charge in [0.1, 0.15) is 11.5 Å². The number of benzene rings is 3. The number of hydrogen-bond donors (Lipinski definition) is 1. The molecule has 0 aliphatic rings. The molecule has 0 fully saturated rings. The van der Waals surface area contributed by atoms with Crippen molar-refractivity contribution in [2.24, 2.45) is 0 Å². The van der Waals surface area contributed by atoms with Crippen molar-refractivity contribution in [1.29, 1.82) is 0 Å². The van der Waals surface area contributed by atoms with E-state index in [-0.39, 0.29) is 10.8 Å². The topological polar surface area (TPSA) is 72.5 Å². The third-order valence-electron chi connectivity index (χ3n) is 3.64. The van der Waals surface area contributed by atoms with Crippen molar-refractivity contribution in [2.75, 3.05) is 11.6 Å². The van der Waals surface area contributed by atoms with E-state index in [0.717, 1.165) is 12.0 Å². The highest BCUT2D eigenvalue weighted by atomic mass is 32.2. The van der Waals surface area contributed by atoms with E-state index < -0.39 is 9.84 Å². The van der Waals surface area contributed by atoms with Gasteiger partial charge >= 0.3 is 0 Å². The first-order valence-corrected chi connectivity index (χ1v) is 9.75. The number of para-hydroxylation sites is 1. The highest BCUT2D eigenvalue weighted by molar-refractivity contribution is 7.90. The second-order valence-corrected chi connectivity index (χ2v) is 7.71. The van der Waals surface area contributed by atoms with Crippen LogP contribution in [0, 0.1) is 0 Å². The Hall–Kier alpha value is -3.12. The molecule has 132 valence electrons. The maximum atomic E-state index is 12.3. The molecule has 0 heterocycles. The zero-order valence-corrected chi connectivity index (χ0v) is 14.9. The van der Waals surface area contributed by atoms with Crippen molar-refractivity contribution in [3.05, 3.63) is 84.4 Å². The SMILES string of the molecule is CS(=O)(=O)c1ccc(NC(=O)c2ccc(Oc3ccccc3)cc2)cc1. The van der Waals surface area contributed by atoms with E-state index in [4.69, 9.17) is 4.74 Å². The second kappa shape index (κ2) is 7.41. The molecule has 0 spiro atoms. The smallest absolute Gasteiger partial charge is 0.255 e. The summed E-state index contributed by atoms with van der Waals surface area (Å²) in [6.07, 6.45) is 1.14. The van der Waals surface area contributed by atoms with Gasteiger partial charge in [-0.05, 0) is 60.7 Å². The molecule has 0 aromatic heterocycles. The van der Waals surface area contributed by atoms with E-state index in [1.165, 1.54) is 12.1 Å². The zero-order chi connectivity index (χ0) is 18.6. The molecule has 0 saturated carbocycles. The Labute approximate surface area is 152 Å². The predicted octanol–water partition coefficient (Wildman–Crippen LogP) is 4.13. The van der Waals surface area contributed by atoms with Gasteiger partial charge in [0.05, 0.1) is 4.90 Å². The normalized spacial score (nSPS) is 11.0. The molecule has 0 aliphatic heterocycles. The van der Waals surface area contributed by atoms with Gasteiger partial charge in [-0.15, -0.1) is 0 Å². The summed E-state index contributed by atoms with van der Waals surface area (Å²) in [7, 11) is -3.26. The molecule has 1 N–H and O–H groups in total. The van der Waals surface area contributed by atoms with Gasteiger partial charge in [0.15, 0.2) is 9.84 Å². The van der Waals surface area contributed by atoms with Crippen LogP contribution in [0.2, 0.25) is 0 Å². The van der Waals surface area contributed by atoms with Gasteiger partial charge in [-0.25, -0.2) is 8.42 Å². The molecule has 0 atom stereocenters. The van der Waals surface area contributed by atoms with Crippen LogP contribution in [-0.2, 0) is 9.84 Å². The number of sulfone groups is 1. The third kappa shape index (κ3) is 4.49. The highest BCUT2D eigenvalue weighted by Crippen LogP contribution is 2.21. The largest absolute Gasteiger partial charge is 0.457 e. The number of ether oxygens (including phenoxy) is 1. The molecule has 0 aliphatic carbocycles. The molecule has 0 bridgehead atoms. The minimum absolute atomic E-state index is 0.206. The number of amides is 1. The Morgan fingerprint density at radius 1 is 0.808 bits per heavy atom. The number of rotatable bonds is 5. The lowest BCUT2D eigenvalue weighted by molar-refractivity contribution is 0.102. The fraction of sp³-hybridized carbons (Fsp3) is 0.0500. The first-order chi connectivity index (χ1) is 12.4. The number of hydrogen-bond acceptors (Lipinski definition) is 4. The van der Waals surface area contributed by atoms with Crippen LogP contribution in [0.15, 0.2) is 83.8 Å². The molecule has 1 amide bonds. The summed E-state index contributed by atoms with van der Waals surface area (Å²) in [4.78, 5) is 12.5. The van der Waals surface area contributed by atoms with Crippen LogP contribution in [0.5, 0.6) is 11.5 Å². The van der Waals surface area contributed by atoms with Crippen LogP contribution in [-0.4, -0.2) is 20.6 Å². The first-order valence-electron chi connectivity index (χ1n) is 7.86. The van der Waals surface area contributed by atoms with Gasteiger partial charge in [-0.3, -0.25) is 4.79 Å². The Balaban J connectivity index is 1.66. The Bertz CT molecular complexity index is 996. The van der Waals surface area contributed by atoms with Crippen molar-refractivity contribution in [1.82, 2.24) is 0 Å². The first kappa shape index (κ1) is 17.7. The van der Waals surface area contributed by atoms with Crippen molar-refractivity contribution in [3.8, 4) is 11.5 Å². The molecule has 6 heteroatoms. The van der Waals surface area contributed by atoms with Gasteiger partial charge < -0.3 is 10.1 Å². The molecule has 3 aromatic carbocycles. The lowest BCUT2D eigenvalue weighted by Gasteiger charge is -2.08. The molecular weight excluding hydrogens is 350 g/mol. The molecule has 3 rings (SSSR count). The zero-order valence-electron chi connectivity index (χ0n) is 14.0. The number of carbonyl (C=O) groups excluding carboxylic acids is 1. The molecule has 26 heavy (non-hydrogen) atoms. The lowest BCUT2D eigenvalue weighted by atomic mass is 10.2. The summed E-state index contributed by atoms with van der Waals surface area (Å²) in [6.45, 7) is 0. The molecule has 0 saturated heterocycles. The highest BCUT2D eigenvalue weighted by Gasteiger charge is 2.09. The van der Waals surface area contributed by atoms with Crippen molar-refractivity contribution < 1.29 is 17.9 Å². The second-order valence-electron chi connectivity index (χ2n) is 5.69. The van der Waals surface area contributed by atoms with Crippen molar-refractivity contribution >= 4 is 21.4 Å². The fourth-order valence-corrected chi connectivity index (χ4v) is 2.92. The average molecular weight is 367 g/mol. The minimum Gasteiger partial charge on any atom is -0.457 e. The van der Waals surface area contributed by atoms with Gasteiger partial charge in [-0.2, -0.15) is 0 Å². The van der Waals surface area contributed by atoms with Gasteiger partial charge in [-0.1, -0.05) is 18.2 Å². The number of nitrogens with one attached hydrogen (secondary N) is 1. The van der Waals surface area contributed by atoms with Crippen LogP contribution in [0.25, 0.3) is 0 Å². The molecule has 5 nitrogen and oxygen atoms in total. The van der Waals surface area contributed by atoms with E-state index in [9.17, 15) is 13.2 Å². The summed E-state index contributed by atoms with van der Waals surface area (Å²) in [6, 6.07) is 22.2. The van der Waals surface area contributed by atoms with Gasteiger partial charge in [0.25, 0.3) is 5.91 Å². The fourth-order valence-electron chi connectivity index (χ4n) is 2.29. The van der Waals surface area contributed by atoms with E-state index in [1.54, 1.807) is 36.4 Å². The van der Waals surface area contributed by atoms with Crippen molar-refractivity contribution in [3.63, 3.8) is 0 Å². The quantitative estimate of drug-likeness (QED) is 0.736. The molecule has 3 aromatic rings. The Morgan fingerprint density at radius 2 is 1.38 bits per heavy atom. The van der Waals surface area contributed by atoms with Crippen LogP contribution < -0.4 is 10.1 Å². The van der Waals surface area contributed by atoms with E-state index >= 15 is 0 Å². The maximum Gasteiger partial charge on any atom is 0.255 e. The van der Waals surface area contributed by atoms with Crippen LogP contribution in [0.1, 0.15) is 10.4 Å². The Morgan fingerprint density at radius 3 is 1.96 bits per heavy atom. The van der Waals surface area contributed by atoms with E-state index in [2.05, 4.69) is 5.32 Å². The number of anilines is 1. The Kier molecular flexibility index (Phi) is 5.04. The van der Waals surface area contributed by atoms with Crippen molar-refractivity contribution in [2.45, 2.75) is 4.90 Å². The molecular formula is C20H17NO4S. The lowest BCUT2D eigenvalue weighted by Crippen LogP contribution is -2.11. The summed E-state index contributed by atoms with van der Waals surface area (Å²) in [5.41, 5.74) is 0.990. The van der Waals surface area contributed by atoms with E-state index in [0.29, 0.717) is 17.0 Å². The predicted molar refractivity (Wildman–Crippen MR) is 100 cm³/mol. The van der Waals surface area contributed by atoms with E-state index in [1.807, 2.05) is 30.3 Å². The van der Waals surface area contributed by atoms with Crippen LogP contribution in [0.3, 0.4) is 0 Å². The van der Waals surface area contributed by atoms with Gasteiger partial charge in [0, 0.05) is 17.5 Å². The minimum atomic E-state index is -3.26. The maximum absolute atomic E-state index is 12.3. The summed E-state index contributed by atoms with van der Waals surface area (Å²) in [5.74, 6) is 1.06. The summed E-state index contributed by atoms with van der Waals surface area (Å²) >= 11 is 0. The average Bonchev–Trinajstić information content (AvgIpc) is 2.63. The standard InChI is InChI=1S/C20H17NO4S/c1-26(23,24)19-13-9-16(10-14-19)21-20(22)15-7-11-18(12-8-15)25-17-5-3-2-4-6-17/h2-14H,1H3,(H,21,22). The van der Waals surface area contributed by atoms with Crippen LogP contribution >= 0.6 is 0 Å². The summed E-state index contributed by atoms with van der Waals surface area (Å²) in [5, 5.41) is 2.73. The summed E-state index contributed by atoms with van der Waals surface area (Å²) < 4.78 is 28.6. The van der Waals surface area contributed by atoms with Crippen LogP contribution in [0.4, 0.5) is 5.69 Å².